The molecule has 94 valence electrons. The predicted molar refractivity (Wildman–Crippen MR) is 66.1 cm³/mol. The van der Waals surface area contributed by atoms with Gasteiger partial charge in [-0.05, 0) is 31.0 Å². The lowest BCUT2D eigenvalue weighted by molar-refractivity contribution is -0.121. The number of aliphatic hydroxyl groups excluding tert-OH is 1. The summed E-state index contributed by atoms with van der Waals surface area (Å²) in [5.41, 5.74) is 2.27. The number of nitrogens with one attached hydrogen (secondary N) is 1. The van der Waals surface area contributed by atoms with Crippen molar-refractivity contribution in [2.45, 2.75) is 20.3 Å². The SMILES string of the molecule is Cc1cccc(OCCC(=O)NCCO)c1C. The molecule has 0 aliphatic heterocycles. The predicted octanol–water partition coefficient (Wildman–Crippen LogP) is 1.18. The maximum Gasteiger partial charge on any atom is 0.223 e. The summed E-state index contributed by atoms with van der Waals surface area (Å²) in [5, 5.41) is 11.1. The van der Waals surface area contributed by atoms with Gasteiger partial charge in [0, 0.05) is 6.54 Å². The summed E-state index contributed by atoms with van der Waals surface area (Å²) in [6.45, 7) is 4.63. The normalized spacial score (nSPS) is 10.1. The van der Waals surface area contributed by atoms with Crippen molar-refractivity contribution >= 4 is 5.91 Å². The number of carbonyl (C=O) groups is 1. The second kappa shape index (κ2) is 6.91. The minimum Gasteiger partial charge on any atom is -0.493 e. The number of hydrogen-bond donors (Lipinski definition) is 2. The molecule has 0 aliphatic carbocycles. The van der Waals surface area contributed by atoms with Crippen molar-refractivity contribution in [3.8, 4) is 5.75 Å². The van der Waals surface area contributed by atoms with Crippen LogP contribution in [-0.2, 0) is 4.79 Å². The van der Waals surface area contributed by atoms with Gasteiger partial charge in [-0.1, -0.05) is 12.1 Å². The lowest BCUT2D eigenvalue weighted by atomic mass is 10.1. The molecule has 1 rings (SSSR count). The summed E-state index contributed by atoms with van der Waals surface area (Å²) in [5.74, 6) is 0.712. The Kier molecular flexibility index (Phi) is 5.49. The van der Waals surface area contributed by atoms with Crippen LogP contribution in [0.2, 0.25) is 0 Å². The van der Waals surface area contributed by atoms with Gasteiger partial charge in [-0.2, -0.15) is 0 Å². The number of rotatable bonds is 6. The number of aliphatic hydroxyl groups is 1. The second-order valence-corrected chi connectivity index (χ2v) is 3.87. The Morgan fingerprint density at radius 2 is 2.18 bits per heavy atom. The fourth-order valence-corrected chi connectivity index (χ4v) is 1.42. The van der Waals surface area contributed by atoms with Crippen LogP contribution in [0, 0.1) is 13.8 Å². The summed E-state index contributed by atoms with van der Waals surface area (Å²) < 4.78 is 5.54. The molecule has 0 saturated carbocycles. The van der Waals surface area contributed by atoms with E-state index in [2.05, 4.69) is 5.32 Å². The van der Waals surface area contributed by atoms with Gasteiger partial charge in [-0.3, -0.25) is 4.79 Å². The van der Waals surface area contributed by atoms with E-state index in [1.54, 1.807) is 0 Å². The van der Waals surface area contributed by atoms with Crippen LogP contribution in [0.15, 0.2) is 18.2 Å². The maximum absolute atomic E-state index is 11.2. The third kappa shape index (κ3) is 4.44. The van der Waals surface area contributed by atoms with Crippen LogP contribution in [0.4, 0.5) is 0 Å². The first-order valence-electron chi connectivity index (χ1n) is 5.71. The van der Waals surface area contributed by atoms with Gasteiger partial charge >= 0.3 is 0 Å². The van der Waals surface area contributed by atoms with Gasteiger partial charge in [0.05, 0.1) is 19.6 Å². The van der Waals surface area contributed by atoms with E-state index in [1.165, 1.54) is 5.56 Å². The highest BCUT2D eigenvalue weighted by Crippen LogP contribution is 2.20. The standard InChI is InChI=1S/C13H19NO3/c1-10-4-3-5-12(11(10)2)17-9-6-13(16)14-7-8-15/h3-5,15H,6-9H2,1-2H3,(H,14,16). The number of aryl methyl sites for hydroxylation is 1. The summed E-state index contributed by atoms with van der Waals surface area (Å²) >= 11 is 0. The zero-order chi connectivity index (χ0) is 12.7. The van der Waals surface area contributed by atoms with E-state index < -0.39 is 0 Å². The molecule has 0 aliphatic rings. The topological polar surface area (TPSA) is 58.6 Å². The second-order valence-electron chi connectivity index (χ2n) is 3.87. The van der Waals surface area contributed by atoms with Gasteiger partial charge < -0.3 is 15.2 Å². The Morgan fingerprint density at radius 1 is 1.41 bits per heavy atom. The Hall–Kier alpha value is -1.55. The zero-order valence-electron chi connectivity index (χ0n) is 10.3. The van der Waals surface area contributed by atoms with Gasteiger partial charge in [0.15, 0.2) is 0 Å². The van der Waals surface area contributed by atoms with E-state index in [1.807, 2.05) is 32.0 Å². The van der Waals surface area contributed by atoms with Crippen LogP contribution in [0.3, 0.4) is 0 Å². The van der Waals surface area contributed by atoms with E-state index >= 15 is 0 Å². The van der Waals surface area contributed by atoms with Crippen LogP contribution >= 0.6 is 0 Å². The van der Waals surface area contributed by atoms with Crippen molar-refractivity contribution in [1.29, 1.82) is 0 Å². The molecule has 0 spiro atoms. The Bertz CT molecular complexity index is 377. The van der Waals surface area contributed by atoms with Crippen molar-refractivity contribution in [1.82, 2.24) is 5.32 Å². The highest BCUT2D eigenvalue weighted by Gasteiger charge is 2.04. The van der Waals surface area contributed by atoms with Crippen molar-refractivity contribution in [3.63, 3.8) is 0 Å². The molecule has 4 heteroatoms. The molecule has 0 saturated heterocycles. The van der Waals surface area contributed by atoms with Crippen molar-refractivity contribution in [2.75, 3.05) is 19.8 Å². The highest BCUT2D eigenvalue weighted by atomic mass is 16.5. The van der Waals surface area contributed by atoms with Crippen LogP contribution < -0.4 is 10.1 Å². The minimum absolute atomic E-state index is 0.0381. The first-order chi connectivity index (χ1) is 8.15. The average Bonchev–Trinajstić information content (AvgIpc) is 2.32. The number of benzene rings is 1. The largest absolute Gasteiger partial charge is 0.493 e. The Labute approximate surface area is 102 Å². The van der Waals surface area contributed by atoms with Crippen molar-refractivity contribution in [2.24, 2.45) is 0 Å². The van der Waals surface area contributed by atoms with Crippen LogP contribution in [-0.4, -0.2) is 30.8 Å². The molecular weight excluding hydrogens is 218 g/mol. The molecule has 0 fully saturated rings. The van der Waals surface area contributed by atoms with Crippen LogP contribution in [0.25, 0.3) is 0 Å². The van der Waals surface area contributed by atoms with Gasteiger partial charge in [0.2, 0.25) is 5.91 Å². The highest BCUT2D eigenvalue weighted by molar-refractivity contribution is 5.75. The van der Waals surface area contributed by atoms with E-state index in [9.17, 15) is 4.79 Å². The van der Waals surface area contributed by atoms with Gasteiger partial charge in [0.25, 0.3) is 0 Å². The molecule has 17 heavy (non-hydrogen) atoms. The number of hydrogen-bond acceptors (Lipinski definition) is 3. The summed E-state index contributed by atoms with van der Waals surface area (Å²) in [7, 11) is 0. The molecule has 1 aromatic rings. The Morgan fingerprint density at radius 3 is 2.88 bits per heavy atom. The third-order valence-corrected chi connectivity index (χ3v) is 2.58. The fraction of sp³-hybridized carbons (Fsp3) is 0.462. The molecule has 2 N–H and O–H groups in total. The average molecular weight is 237 g/mol. The third-order valence-electron chi connectivity index (χ3n) is 2.58. The molecule has 0 atom stereocenters. The first-order valence-corrected chi connectivity index (χ1v) is 5.71. The lowest BCUT2D eigenvalue weighted by Crippen LogP contribution is -2.27. The fourth-order valence-electron chi connectivity index (χ4n) is 1.42. The molecule has 1 amide bonds. The molecule has 0 heterocycles. The monoisotopic (exact) mass is 237 g/mol. The summed E-state index contributed by atoms with van der Waals surface area (Å²) in [6.07, 6.45) is 0.299. The zero-order valence-corrected chi connectivity index (χ0v) is 10.3. The van der Waals surface area contributed by atoms with E-state index in [-0.39, 0.29) is 12.5 Å². The minimum atomic E-state index is -0.107. The molecule has 0 unspecified atom stereocenters. The van der Waals surface area contributed by atoms with Crippen LogP contribution in [0.5, 0.6) is 5.75 Å². The number of ether oxygens (including phenoxy) is 1. The summed E-state index contributed by atoms with van der Waals surface area (Å²) in [6, 6.07) is 5.85. The van der Waals surface area contributed by atoms with Crippen molar-refractivity contribution < 1.29 is 14.6 Å². The number of carbonyl (C=O) groups excluding carboxylic acids is 1. The molecule has 4 nitrogen and oxygen atoms in total. The van der Waals surface area contributed by atoms with Crippen molar-refractivity contribution in [3.05, 3.63) is 29.3 Å². The van der Waals surface area contributed by atoms with Gasteiger partial charge in [-0.15, -0.1) is 0 Å². The summed E-state index contributed by atoms with van der Waals surface area (Å²) in [4.78, 5) is 11.2. The molecule has 0 aromatic heterocycles. The number of amides is 1. The Balaban J connectivity index is 2.36. The lowest BCUT2D eigenvalue weighted by Gasteiger charge is -2.10. The quantitative estimate of drug-likeness (QED) is 0.781. The van der Waals surface area contributed by atoms with Gasteiger partial charge in [-0.25, -0.2) is 0 Å². The molecule has 1 aromatic carbocycles. The van der Waals surface area contributed by atoms with Gasteiger partial charge in [0.1, 0.15) is 5.75 Å². The van der Waals surface area contributed by atoms with E-state index in [4.69, 9.17) is 9.84 Å². The van der Waals surface area contributed by atoms with Crippen LogP contribution in [0.1, 0.15) is 17.5 Å². The van der Waals surface area contributed by atoms with E-state index in [0.29, 0.717) is 19.6 Å². The molecule has 0 bridgehead atoms. The molecule has 0 radical (unpaired) electrons. The van der Waals surface area contributed by atoms with E-state index in [0.717, 1.165) is 11.3 Å². The first kappa shape index (κ1) is 13.5. The maximum atomic E-state index is 11.2. The smallest absolute Gasteiger partial charge is 0.223 e. The molecular formula is C13H19NO3.